The first-order chi connectivity index (χ1) is 14.3. The molecule has 0 unspecified atom stereocenters. The Morgan fingerprint density at radius 3 is 2.70 bits per heavy atom. The predicted molar refractivity (Wildman–Crippen MR) is 111 cm³/mol. The lowest BCUT2D eigenvalue weighted by Crippen LogP contribution is -2.51. The van der Waals surface area contributed by atoms with Gasteiger partial charge in [0.05, 0.1) is 24.2 Å². The molecule has 0 bridgehead atoms. The fraction of sp³-hybridized carbons (Fsp3) is 0.708. The second kappa shape index (κ2) is 7.21. The van der Waals surface area contributed by atoms with Gasteiger partial charge < -0.3 is 24.6 Å². The van der Waals surface area contributed by atoms with Gasteiger partial charge in [-0.3, -0.25) is 4.79 Å². The van der Waals surface area contributed by atoms with Gasteiger partial charge >= 0.3 is 5.97 Å². The molecule has 2 saturated carbocycles. The van der Waals surface area contributed by atoms with E-state index in [0.29, 0.717) is 19.0 Å². The zero-order valence-corrected chi connectivity index (χ0v) is 17.9. The van der Waals surface area contributed by atoms with Crippen molar-refractivity contribution in [1.29, 1.82) is 0 Å². The van der Waals surface area contributed by atoms with Crippen LogP contribution in [0.4, 0.5) is 0 Å². The average molecular weight is 416 g/mol. The summed E-state index contributed by atoms with van der Waals surface area (Å²) in [5.74, 6) is 0.717. The number of phenolic OH excluding ortho intramolecular Hbond substituents is 1. The van der Waals surface area contributed by atoms with Crippen molar-refractivity contribution in [1.82, 2.24) is 4.90 Å². The molecule has 7 atom stereocenters. The Morgan fingerprint density at radius 2 is 2.00 bits per heavy atom. The number of phenols is 1. The molecule has 2 N–H and O–H groups in total. The number of aliphatic hydroxyl groups excluding tert-OH is 1. The van der Waals surface area contributed by atoms with Gasteiger partial charge in [-0.05, 0) is 68.2 Å². The molecule has 164 valence electrons. The second-order valence-electron chi connectivity index (χ2n) is 10.4. The van der Waals surface area contributed by atoms with E-state index in [4.69, 9.17) is 9.47 Å². The number of nitrogens with zero attached hydrogens (tertiary/aromatic N) is 1. The van der Waals surface area contributed by atoms with Gasteiger partial charge in [-0.1, -0.05) is 19.1 Å². The Kier molecular flexibility index (Phi) is 4.88. The number of likely N-dealkylation sites (N-methyl/N-ethyl adjacent to an activating group) is 1. The Morgan fingerprint density at radius 1 is 1.27 bits per heavy atom. The largest absolute Gasteiger partial charge is 0.508 e. The van der Waals surface area contributed by atoms with E-state index in [1.807, 2.05) is 11.9 Å². The maximum absolute atomic E-state index is 12.8. The van der Waals surface area contributed by atoms with E-state index >= 15 is 0 Å². The molecule has 4 fully saturated rings. The normalized spacial score (nSPS) is 40.7. The molecular weight excluding hydrogens is 382 g/mol. The van der Waals surface area contributed by atoms with Crippen molar-refractivity contribution in [3.8, 4) is 5.75 Å². The highest BCUT2D eigenvalue weighted by atomic mass is 16.6. The number of aliphatic hydroxyl groups is 1. The van der Waals surface area contributed by atoms with Crippen LogP contribution in [0.3, 0.4) is 0 Å². The zero-order valence-electron chi connectivity index (χ0n) is 17.9. The summed E-state index contributed by atoms with van der Waals surface area (Å²) < 4.78 is 11.9. The first-order valence-electron chi connectivity index (χ1n) is 11.3. The predicted octanol–water partition coefficient (Wildman–Crippen LogP) is 2.88. The molecule has 1 aromatic rings. The van der Waals surface area contributed by atoms with Crippen LogP contribution in [0.15, 0.2) is 24.3 Å². The number of ether oxygens (including phenoxy) is 2. The van der Waals surface area contributed by atoms with Gasteiger partial charge in [0.15, 0.2) is 0 Å². The number of epoxide rings is 1. The molecule has 0 amide bonds. The molecule has 6 nitrogen and oxygen atoms in total. The lowest BCUT2D eigenvalue weighted by atomic mass is 9.53. The molecule has 30 heavy (non-hydrogen) atoms. The second-order valence-corrected chi connectivity index (χ2v) is 10.4. The third-order valence-electron chi connectivity index (χ3n) is 8.35. The van der Waals surface area contributed by atoms with Crippen LogP contribution >= 0.6 is 0 Å². The topological polar surface area (TPSA) is 82.5 Å². The molecular formula is C24H33NO5. The maximum Gasteiger partial charge on any atom is 0.310 e. The third-order valence-corrected chi connectivity index (χ3v) is 8.35. The van der Waals surface area contributed by atoms with Crippen LogP contribution in [-0.2, 0) is 14.3 Å². The van der Waals surface area contributed by atoms with Gasteiger partial charge in [-0.15, -0.1) is 0 Å². The number of esters is 1. The summed E-state index contributed by atoms with van der Waals surface area (Å²) in [5.41, 5.74) is 1.04. The summed E-state index contributed by atoms with van der Waals surface area (Å²) in [6.07, 6.45) is 4.88. The Hall–Kier alpha value is -1.63. The van der Waals surface area contributed by atoms with E-state index < -0.39 is 6.10 Å². The van der Waals surface area contributed by atoms with Crippen molar-refractivity contribution in [2.45, 2.75) is 56.8 Å². The van der Waals surface area contributed by atoms with Crippen molar-refractivity contribution in [3.05, 3.63) is 29.8 Å². The number of fused-ring (bicyclic) bond motifs is 3. The van der Waals surface area contributed by atoms with Crippen LogP contribution < -0.4 is 0 Å². The first-order valence-corrected chi connectivity index (χ1v) is 11.3. The van der Waals surface area contributed by atoms with Gasteiger partial charge in [0.2, 0.25) is 0 Å². The average Bonchev–Trinajstić information content (AvgIpc) is 3.40. The summed E-state index contributed by atoms with van der Waals surface area (Å²) in [4.78, 5) is 14.8. The molecule has 1 aromatic carbocycles. The highest BCUT2D eigenvalue weighted by Crippen LogP contribution is 2.62. The molecule has 2 saturated heterocycles. The Labute approximate surface area is 178 Å². The highest BCUT2D eigenvalue weighted by molar-refractivity contribution is 5.75. The Balaban J connectivity index is 1.26. The minimum Gasteiger partial charge on any atom is -0.508 e. The smallest absolute Gasteiger partial charge is 0.310 e. The SMILES string of the molecule is CN(C[C@@H](O)c1ccc(O)cc1)C[C@H]1C(=O)O[C@@H]2C[C@@]3(C)CCC[C@@]4(CO4)[C@@H]3C[C@@H]21. The van der Waals surface area contributed by atoms with Crippen LogP contribution in [0.5, 0.6) is 5.75 Å². The van der Waals surface area contributed by atoms with Gasteiger partial charge in [-0.2, -0.15) is 0 Å². The molecule has 6 heteroatoms. The summed E-state index contributed by atoms with van der Waals surface area (Å²) in [5, 5.41) is 20.0. The van der Waals surface area contributed by atoms with Crippen molar-refractivity contribution in [2.24, 2.45) is 23.2 Å². The fourth-order valence-corrected chi connectivity index (χ4v) is 6.67. The fourth-order valence-electron chi connectivity index (χ4n) is 6.67. The number of carbonyl (C=O) groups is 1. The monoisotopic (exact) mass is 415 g/mol. The number of aromatic hydroxyl groups is 1. The van der Waals surface area contributed by atoms with Crippen LogP contribution in [0, 0.1) is 23.2 Å². The van der Waals surface area contributed by atoms with Gasteiger partial charge in [0, 0.05) is 19.0 Å². The molecule has 2 aliphatic heterocycles. The van der Waals surface area contributed by atoms with E-state index in [-0.39, 0.29) is 40.7 Å². The molecule has 0 aromatic heterocycles. The van der Waals surface area contributed by atoms with Crippen LogP contribution in [-0.4, -0.2) is 59.5 Å². The first kappa shape index (κ1) is 20.3. The van der Waals surface area contributed by atoms with Gasteiger partial charge in [0.25, 0.3) is 0 Å². The highest BCUT2D eigenvalue weighted by Gasteiger charge is 2.65. The standard InChI is InChI=1S/C24H33NO5/c1-23-8-3-9-24(14-29-24)21(23)10-17-18(22(28)30-20(17)11-23)12-25(2)13-19(27)15-4-6-16(26)7-5-15/h4-7,17-21,26-27H,3,8-14H2,1-2H3/t17-,18-,19-,20-,21-,23-,24-/m1/s1. The number of hydrogen-bond acceptors (Lipinski definition) is 6. The minimum absolute atomic E-state index is 0.0214. The van der Waals surface area contributed by atoms with E-state index in [0.717, 1.165) is 31.4 Å². The van der Waals surface area contributed by atoms with Gasteiger partial charge in [0.1, 0.15) is 11.9 Å². The molecule has 2 aliphatic carbocycles. The number of benzene rings is 1. The quantitative estimate of drug-likeness (QED) is 0.568. The van der Waals surface area contributed by atoms with Crippen LogP contribution in [0.1, 0.15) is 50.7 Å². The minimum atomic E-state index is -0.667. The van der Waals surface area contributed by atoms with Crippen LogP contribution in [0.2, 0.25) is 0 Å². The number of carbonyl (C=O) groups excluding carboxylic acids is 1. The summed E-state index contributed by atoms with van der Waals surface area (Å²) in [6.45, 7) is 4.27. The molecule has 5 rings (SSSR count). The maximum atomic E-state index is 12.8. The number of rotatable bonds is 5. The molecule has 2 heterocycles. The van der Waals surface area contributed by atoms with E-state index in [1.165, 1.54) is 12.8 Å². The lowest BCUT2D eigenvalue weighted by molar-refractivity contribution is -0.147. The van der Waals surface area contributed by atoms with E-state index in [9.17, 15) is 15.0 Å². The molecule has 1 spiro atoms. The van der Waals surface area contributed by atoms with Crippen molar-refractivity contribution >= 4 is 5.97 Å². The lowest BCUT2D eigenvalue weighted by Gasteiger charge is -2.51. The van der Waals surface area contributed by atoms with E-state index in [2.05, 4.69) is 6.92 Å². The van der Waals surface area contributed by atoms with Crippen molar-refractivity contribution in [3.63, 3.8) is 0 Å². The summed E-state index contributed by atoms with van der Waals surface area (Å²) in [7, 11) is 1.95. The summed E-state index contributed by atoms with van der Waals surface area (Å²) in [6, 6.07) is 6.62. The molecule has 0 radical (unpaired) electrons. The van der Waals surface area contributed by atoms with Gasteiger partial charge in [-0.25, -0.2) is 0 Å². The zero-order chi connectivity index (χ0) is 21.1. The summed E-state index contributed by atoms with van der Waals surface area (Å²) >= 11 is 0. The third kappa shape index (κ3) is 3.43. The number of hydrogen-bond donors (Lipinski definition) is 2. The van der Waals surface area contributed by atoms with Crippen molar-refractivity contribution in [2.75, 3.05) is 26.7 Å². The van der Waals surface area contributed by atoms with E-state index in [1.54, 1.807) is 24.3 Å². The Bertz CT molecular complexity index is 806. The molecule has 4 aliphatic rings. The van der Waals surface area contributed by atoms with Crippen molar-refractivity contribution < 1.29 is 24.5 Å². The van der Waals surface area contributed by atoms with Crippen LogP contribution in [0.25, 0.3) is 0 Å².